The smallest absolute Gasteiger partial charge is 0.306 e. The maximum Gasteiger partial charge on any atom is 0.306 e. The van der Waals surface area contributed by atoms with Gasteiger partial charge in [0.25, 0.3) is 5.91 Å². The van der Waals surface area contributed by atoms with Crippen molar-refractivity contribution in [3.63, 3.8) is 0 Å². The first kappa shape index (κ1) is 16.4. The average molecular weight is 360 g/mol. The van der Waals surface area contributed by atoms with E-state index in [2.05, 4.69) is 20.6 Å². The number of benzene rings is 1. The molecule has 2 aromatic rings. The number of hydrogen-bond donors (Lipinski definition) is 3. The number of carbonyl (C=O) groups excluding carboxylic acids is 1. The monoisotopic (exact) mass is 360 g/mol. The predicted octanol–water partition coefficient (Wildman–Crippen LogP) is 1.94. The van der Waals surface area contributed by atoms with Gasteiger partial charge >= 0.3 is 5.97 Å². The Hall–Kier alpha value is -3.10. The van der Waals surface area contributed by atoms with E-state index in [4.69, 9.17) is 5.11 Å². The third kappa shape index (κ3) is 2.65. The second-order valence-corrected chi connectivity index (χ2v) is 6.34. The Balaban J connectivity index is 1.73. The molecule has 0 atom stereocenters. The molecule has 0 radical (unpaired) electrons. The van der Waals surface area contributed by atoms with Gasteiger partial charge in [0.15, 0.2) is 5.82 Å². The van der Waals surface area contributed by atoms with Crippen LogP contribution >= 0.6 is 0 Å². The summed E-state index contributed by atoms with van der Waals surface area (Å²) < 4.78 is 28.2. The van der Waals surface area contributed by atoms with E-state index < -0.39 is 23.5 Å². The summed E-state index contributed by atoms with van der Waals surface area (Å²) >= 11 is 0. The molecule has 7 nitrogen and oxygen atoms in total. The van der Waals surface area contributed by atoms with Crippen LogP contribution in [0.2, 0.25) is 0 Å². The molecule has 0 bridgehead atoms. The molecule has 9 heteroatoms. The van der Waals surface area contributed by atoms with Crippen molar-refractivity contribution in [2.24, 2.45) is 5.92 Å². The van der Waals surface area contributed by atoms with Crippen LogP contribution in [0.25, 0.3) is 11.4 Å². The number of anilines is 1. The lowest BCUT2D eigenvalue weighted by Gasteiger charge is -2.33. The number of carboxylic acid groups (broad SMARTS) is 1. The van der Waals surface area contributed by atoms with Gasteiger partial charge in [0.2, 0.25) is 0 Å². The van der Waals surface area contributed by atoms with E-state index in [0.717, 1.165) is 12.1 Å². The molecule has 0 unspecified atom stereocenters. The van der Waals surface area contributed by atoms with Crippen molar-refractivity contribution in [1.29, 1.82) is 0 Å². The number of halogens is 2. The number of aliphatic carboxylic acids is 1. The topological polar surface area (TPSA) is 104 Å². The summed E-state index contributed by atoms with van der Waals surface area (Å²) in [4.78, 5) is 31.3. The first-order chi connectivity index (χ1) is 12.4. The van der Waals surface area contributed by atoms with E-state index in [9.17, 15) is 18.4 Å². The van der Waals surface area contributed by atoms with Crippen molar-refractivity contribution in [3.05, 3.63) is 41.1 Å². The van der Waals surface area contributed by atoms with E-state index >= 15 is 0 Å². The Morgan fingerprint density at radius 1 is 1.19 bits per heavy atom. The molecular formula is C17H14F2N4O3. The van der Waals surface area contributed by atoms with Crippen LogP contribution < -0.4 is 10.6 Å². The molecule has 0 spiro atoms. The molecule has 0 saturated heterocycles. The molecule has 3 N–H and O–H groups in total. The molecule has 1 amide bonds. The van der Waals surface area contributed by atoms with Crippen LogP contribution in [-0.4, -0.2) is 33.0 Å². The molecule has 2 heterocycles. The van der Waals surface area contributed by atoms with Crippen LogP contribution in [0, 0.1) is 17.6 Å². The molecule has 1 aromatic heterocycles. The lowest BCUT2D eigenvalue weighted by Crippen LogP contribution is -2.40. The molecule has 26 heavy (non-hydrogen) atoms. The minimum atomic E-state index is -0.872. The normalized spacial score (nSPS) is 20.9. The molecular weight excluding hydrogens is 346 g/mol. The molecule has 1 aliphatic carbocycles. The van der Waals surface area contributed by atoms with Crippen LogP contribution in [-0.2, 0) is 11.3 Å². The van der Waals surface area contributed by atoms with Crippen molar-refractivity contribution >= 4 is 17.7 Å². The van der Waals surface area contributed by atoms with Gasteiger partial charge in [-0.1, -0.05) is 6.07 Å². The van der Waals surface area contributed by atoms with Gasteiger partial charge in [-0.25, -0.2) is 18.7 Å². The maximum absolute atomic E-state index is 14.1. The summed E-state index contributed by atoms with van der Waals surface area (Å²) in [6, 6.07) is 3.28. The average Bonchev–Trinajstić information content (AvgIpc) is 2.91. The zero-order valence-corrected chi connectivity index (χ0v) is 13.4. The van der Waals surface area contributed by atoms with Crippen LogP contribution in [0.15, 0.2) is 18.2 Å². The van der Waals surface area contributed by atoms with Gasteiger partial charge in [0.05, 0.1) is 23.7 Å². The fourth-order valence-electron chi connectivity index (χ4n) is 3.18. The van der Waals surface area contributed by atoms with E-state index in [1.54, 1.807) is 0 Å². The van der Waals surface area contributed by atoms with Crippen LogP contribution in [0.3, 0.4) is 0 Å². The number of amides is 1. The summed E-state index contributed by atoms with van der Waals surface area (Å²) in [5.41, 5.74) is 0.207. The van der Waals surface area contributed by atoms with Crippen LogP contribution in [0.5, 0.6) is 0 Å². The number of aromatic nitrogens is 2. The van der Waals surface area contributed by atoms with Crippen molar-refractivity contribution in [3.8, 4) is 11.4 Å². The minimum Gasteiger partial charge on any atom is -0.481 e. The van der Waals surface area contributed by atoms with Crippen LogP contribution in [0.4, 0.5) is 14.6 Å². The number of rotatable bonds is 4. The maximum atomic E-state index is 14.1. The van der Waals surface area contributed by atoms with Crippen LogP contribution in [0.1, 0.15) is 28.9 Å². The Bertz CT molecular complexity index is 908. The number of fused-ring (bicyclic) bond motifs is 1. The molecule has 1 saturated carbocycles. The van der Waals surface area contributed by atoms with Gasteiger partial charge in [-0.05, 0) is 25.0 Å². The molecule has 1 aromatic carbocycles. The number of nitrogens with zero attached hydrogens (tertiary/aromatic N) is 2. The summed E-state index contributed by atoms with van der Waals surface area (Å²) in [5.74, 6) is -3.30. The van der Waals surface area contributed by atoms with Gasteiger partial charge in [0.1, 0.15) is 23.0 Å². The molecule has 134 valence electrons. The number of carbonyl (C=O) groups is 2. The predicted molar refractivity (Wildman–Crippen MR) is 86.3 cm³/mol. The lowest BCUT2D eigenvalue weighted by atomic mass is 9.80. The Morgan fingerprint density at radius 3 is 2.54 bits per heavy atom. The van der Waals surface area contributed by atoms with Gasteiger partial charge in [-0.3, -0.25) is 9.59 Å². The van der Waals surface area contributed by atoms with Gasteiger partial charge in [-0.2, -0.15) is 0 Å². The van der Waals surface area contributed by atoms with E-state index in [-0.39, 0.29) is 41.3 Å². The first-order valence-electron chi connectivity index (χ1n) is 8.07. The molecule has 2 aliphatic rings. The van der Waals surface area contributed by atoms with Gasteiger partial charge < -0.3 is 15.7 Å². The van der Waals surface area contributed by atoms with Gasteiger partial charge in [0, 0.05) is 6.04 Å². The highest BCUT2D eigenvalue weighted by atomic mass is 19.1. The van der Waals surface area contributed by atoms with E-state index in [1.165, 1.54) is 6.07 Å². The third-order valence-corrected chi connectivity index (χ3v) is 4.64. The zero-order valence-electron chi connectivity index (χ0n) is 13.4. The zero-order chi connectivity index (χ0) is 18.4. The Kier molecular flexibility index (Phi) is 3.78. The van der Waals surface area contributed by atoms with E-state index in [1.807, 2.05) is 0 Å². The summed E-state index contributed by atoms with van der Waals surface area (Å²) in [7, 11) is 0. The van der Waals surface area contributed by atoms with E-state index in [0.29, 0.717) is 18.5 Å². The third-order valence-electron chi connectivity index (χ3n) is 4.64. The fraction of sp³-hybridized carbons (Fsp3) is 0.294. The van der Waals surface area contributed by atoms with Crippen molar-refractivity contribution in [1.82, 2.24) is 15.3 Å². The van der Waals surface area contributed by atoms with Crippen molar-refractivity contribution in [2.75, 3.05) is 5.32 Å². The summed E-state index contributed by atoms with van der Waals surface area (Å²) in [5, 5.41) is 14.6. The Labute approximate surface area is 146 Å². The fourth-order valence-corrected chi connectivity index (χ4v) is 3.18. The molecule has 4 rings (SSSR count). The SMILES string of the molecule is O=C1NCc2nc(-c3c(F)cccc3F)nc(N[C@H]3C[C@H](C(=O)O)C3)c21. The number of hydrogen-bond acceptors (Lipinski definition) is 5. The number of carboxylic acids is 1. The molecule has 1 fully saturated rings. The summed E-state index contributed by atoms with van der Waals surface area (Å²) in [6.07, 6.45) is 0.776. The highest BCUT2D eigenvalue weighted by molar-refractivity contribution is 6.02. The van der Waals surface area contributed by atoms with Crippen molar-refractivity contribution < 1.29 is 23.5 Å². The summed E-state index contributed by atoms with van der Waals surface area (Å²) in [6.45, 7) is 0.136. The second-order valence-electron chi connectivity index (χ2n) is 6.34. The Morgan fingerprint density at radius 2 is 1.88 bits per heavy atom. The number of nitrogens with one attached hydrogen (secondary N) is 2. The van der Waals surface area contributed by atoms with Crippen molar-refractivity contribution in [2.45, 2.75) is 25.4 Å². The standard InChI is InChI=1S/C17H14F2N4O3/c18-9-2-1-3-10(19)12(9)14-22-11-6-20-16(24)13(11)15(23-14)21-8-4-7(5-8)17(25)26/h1-3,7-8H,4-6H2,(H,20,24)(H,25,26)(H,21,22,23)/t7-,8-. The second kappa shape index (κ2) is 6.01. The lowest BCUT2D eigenvalue weighted by molar-refractivity contribution is -0.144. The quantitative estimate of drug-likeness (QED) is 0.770. The first-order valence-corrected chi connectivity index (χ1v) is 8.07. The highest BCUT2D eigenvalue weighted by Gasteiger charge is 2.36. The largest absolute Gasteiger partial charge is 0.481 e. The minimum absolute atomic E-state index is 0.136. The molecule has 1 aliphatic heterocycles. The highest BCUT2D eigenvalue weighted by Crippen LogP contribution is 2.33. The van der Waals surface area contributed by atoms with Gasteiger partial charge in [-0.15, -0.1) is 0 Å².